The molecule has 0 saturated carbocycles. The summed E-state index contributed by atoms with van der Waals surface area (Å²) in [6.07, 6.45) is 4.87. The van der Waals surface area contributed by atoms with Gasteiger partial charge < -0.3 is 13.8 Å². The number of unbranched alkanes of at least 4 members (excludes halogenated alkanes) is 2. The molecule has 1 saturated heterocycles. The molecule has 1 fully saturated rings. The van der Waals surface area contributed by atoms with E-state index in [2.05, 4.69) is 11.2 Å². The third-order valence-electron chi connectivity index (χ3n) is 5.07. The molecule has 3 rings (SSSR count). The zero-order valence-electron chi connectivity index (χ0n) is 17.6. The van der Waals surface area contributed by atoms with Crippen molar-refractivity contribution in [2.24, 2.45) is 0 Å². The zero-order chi connectivity index (χ0) is 21.3. The molecule has 0 N–H and O–H groups in total. The summed E-state index contributed by atoms with van der Waals surface area (Å²) in [7, 11) is 1.39. The van der Waals surface area contributed by atoms with Crippen molar-refractivity contribution in [3.8, 4) is 0 Å². The van der Waals surface area contributed by atoms with Gasteiger partial charge in [-0.3, -0.25) is 4.79 Å². The molecule has 7 heteroatoms. The summed E-state index contributed by atoms with van der Waals surface area (Å²) < 4.78 is 13.0. The molecule has 30 heavy (non-hydrogen) atoms. The van der Waals surface area contributed by atoms with Crippen LogP contribution in [-0.2, 0) is 16.1 Å². The smallest absolute Gasteiger partial charge is 0.348 e. The Morgan fingerprint density at radius 3 is 2.67 bits per heavy atom. The second-order valence-corrected chi connectivity index (χ2v) is 9.53. The quantitative estimate of drug-likeness (QED) is 0.189. The Balaban J connectivity index is 1.51. The Kier molecular flexibility index (Phi) is 8.78. The molecular weight excluding hydrogens is 418 g/mol. The number of benzene rings is 1. The molecule has 1 unspecified atom stereocenters. The summed E-state index contributed by atoms with van der Waals surface area (Å²) in [4.78, 5) is 25.5. The lowest BCUT2D eigenvalue weighted by Crippen LogP contribution is -2.28. The number of Topliss-reactive ketones (excluding diaryl/α,β-unsaturated/α-hetero) is 1. The van der Waals surface area contributed by atoms with Crippen LogP contribution in [0.5, 0.6) is 0 Å². The topological polar surface area (TPSA) is 55.8 Å². The first-order valence-corrected chi connectivity index (χ1v) is 12.2. The average molecular weight is 448 g/mol. The number of anilines is 1. The van der Waals surface area contributed by atoms with Crippen molar-refractivity contribution in [1.29, 1.82) is 0 Å². The van der Waals surface area contributed by atoms with Crippen LogP contribution >= 0.6 is 23.3 Å². The first-order valence-electron chi connectivity index (χ1n) is 10.4. The molecule has 1 aliphatic rings. The van der Waals surface area contributed by atoms with Gasteiger partial charge in [-0.1, -0.05) is 19.8 Å². The van der Waals surface area contributed by atoms with E-state index in [1.165, 1.54) is 18.4 Å². The maximum atomic E-state index is 12.3. The fourth-order valence-corrected chi connectivity index (χ4v) is 5.47. The molecule has 162 valence electrons. The van der Waals surface area contributed by atoms with Crippen molar-refractivity contribution < 1.29 is 19.1 Å². The summed E-state index contributed by atoms with van der Waals surface area (Å²) in [6.45, 7) is 3.26. The van der Waals surface area contributed by atoms with Gasteiger partial charge in [-0.15, -0.1) is 11.3 Å². The lowest BCUT2D eigenvalue weighted by Gasteiger charge is -2.25. The highest BCUT2D eigenvalue weighted by Crippen LogP contribution is 2.34. The number of hydrogen-bond donors (Lipinski definition) is 0. The van der Waals surface area contributed by atoms with Crippen molar-refractivity contribution >= 4 is 40.7 Å². The SMILES string of the molecule is CCCCCC(=O)c1ccc(N2SCCC2COCc2ccc(C(=O)OC)s2)cc1. The monoisotopic (exact) mass is 447 g/mol. The van der Waals surface area contributed by atoms with Gasteiger partial charge >= 0.3 is 5.97 Å². The van der Waals surface area contributed by atoms with Gasteiger partial charge in [0, 0.05) is 28.3 Å². The van der Waals surface area contributed by atoms with Crippen LogP contribution in [0.15, 0.2) is 36.4 Å². The maximum Gasteiger partial charge on any atom is 0.348 e. The van der Waals surface area contributed by atoms with E-state index in [4.69, 9.17) is 9.47 Å². The van der Waals surface area contributed by atoms with Crippen LogP contribution in [0, 0.1) is 0 Å². The number of nitrogens with zero attached hydrogens (tertiary/aromatic N) is 1. The number of carbonyl (C=O) groups is 2. The van der Waals surface area contributed by atoms with Crippen molar-refractivity contribution in [3.05, 3.63) is 51.7 Å². The van der Waals surface area contributed by atoms with Crippen molar-refractivity contribution in [2.45, 2.75) is 51.7 Å². The zero-order valence-corrected chi connectivity index (χ0v) is 19.2. The lowest BCUT2D eigenvalue weighted by atomic mass is 10.0. The highest BCUT2D eigenvalue weighted by molar-refractivity contribution is 8.00. The molecule has 2 aromatic rings. The first kappa shape index (κ1) is 22.8. The van der Waals surface area contributed by atoms with Crippen LogP contribution in [-0.4, -0.2) is 37.3 Å². The number of esters is 1. The maximum absolute atomic E-state index is 12.3. The first-order chi connectivity index (χ1) is 14.6. The second kappa shape index (κ2) is 11.5. The van der Waals surface area contributed by atoms with E-state index >= 15 is 0 Å². The van der Waals surface area contributed by atoms with Gasteiger partial charge in [0.05, 0.1) is 26.4 Å². The molecule has 0 bridgehead atoms. The van der Waals surface area contributed by atoms with Crippen LogP contribution in [0.25, 0.3) is 0 Å². The minimum atomic E-state index is -0.308. The fourth-order valence-electron chi connectivity index (χ4n) is 3.38. The predicted octanol–water partition coefficient (Wildman–Crippen LogP) is 5.74. The van der Waals surface area contributed by atoms with Gasteiger partial charge in [0.2, 0.25) is 0 Å². The molecule has 0 amide bonds. The van der Waals surface area contributed by atoms with Gasteiger partial charge in [-0.25, -0.2) is 4.79 Å². The van der Waals surface area contributed by atoms with E-state index in [1.807, 2.05) is 30.3 Å². The highest BCUT2D eigenvalue weighted by Gasteiger charge is 2.26. The number of rotatable bonds is 11. The van der Waals surface area contributed by atoms with Crippen LogP contribution in [0.2, 0.25) is 0 Å². The Labute approximate surface area is 186 Å². The lowest BCUT2D eigenvalue weighted by molar-refractivity contribution is 0.0606. The van der Waals surface area contributed by atoms with Crippen LogP contribution in [0.3, 0.4) is 0 Å². The van der Waals surface area contributed by atoms with Crippen molar-refractivity contribution in [3.63, 3.8) is 0 Å². The van der Waals surface area contributed by atoms with E-state index in [0.29, 0.717) is 30.6 Å². The molecule has 0 spiro atoms. The summed E-state index contributed by atoms with van der Waals surface area (Å²) in [6, 6.07) is 12.0. The number of methoxy groups -OCH3 is 1. The van der Waals surface area contributed by atoms with Crippen LogP contribution in [0.4, 0.5) is 5.69 Å². The Morgan fingerprint density at radius 2 is 1.93 bits per heavy atom. The van der Waals surface area contributed by atoms with E-state index in [-0.39, 0.29) is 11.8 Å². The van der Waals surface area contributed by atoms with Crippen molar-refractivity contribution in [2.75, 3.05) is 23.8 Å². The molecule has 2 heterocycles. The molecule has 1 atom stereocenters. The van der Waals surface area contributed by atoms with E-state index in [0.717, 1.165) is 47.6 Å². The van der Waals surface area contributed by atoms with E-state index in [9.17, 15) is 9.59 Å². The minimum Gasteiger partial charge on any atom is -0.465 e. The Bertz CT molecular complexity index is 834. The van der Waals surface area contributed by atoms with E-state index in [1.54, 1.807) is 18.0 Å². The van der Waals surface area contributed by atoms with Gasteiger partial charge in [-0.2, -0.15) is 0 Å². The number of ether oxygens (including phenoxy) is 2. The van der Waals surface area contributed by atoms with Crippen molar-refractivity contribution in [1.82, 2.24) is 0 Å². The minimum absolute atomic E-state index is 0.228. The predicted molar refractivity (Wildman–Crippen MR) is 124 cm³/mol. The summed E-state index contributed by atoms with van der Waals surface area (Å²) in [5.41, 5.74) is 1.91. The largest absolute Gasteiger partial charge is 0.465 e. The van der Waals surface area contributed by atoms with Gasteiger partial charge in [-0.05, 0) is 61.2 Å². The molecule has 0 aliphatic carbocycles. The molecule has 0 radical (unpaired) electrons. The number of carbonyl (C=O) groups excluding carboxylic acids is 2. The van der Waals surface area contributed by atoms with Gasteiger partial charge in [0.15, 0.2) is 5.78 Å². The number of hydrogen-bond acceptors (Lipinski definition) is 7. The van der Waals surface area contributed by atoms with E-state index < -0.39 is 0 Å². The summed E-state index contributed by atoms with van der Waals surface area (Å²) >= 11 is 3.21. The standard InChI is InChI=1S/C23H29NO4S2/c1-3-4-5-6-21(25)17-7-9-18(10-8-17)24-19(13-14-29-24)15-28-16-20-11-12-22(30-20)23(26)27-2/h7-12,19H,3-6,13-16H2,1-2H3. The third kappa shape index (κ3) is 6.09. The number of thiophene rings is 1. The third-order valence-corrected chi connectivity index (χ3v) is 7.31. The summed E-state index contributed by atoms with van der Waals surface area (Å²) in [5.74, 6) is 0.972. The molecule has 1 aromatic carbocycles. The van der Waals surface area contributed by atoms with Gasteiger partial charge in [0.1, 0.15) is 4.88 Å². The second-order valence-electron chi connectivity index (χ2n) is 7.30. The van der Waals surface area contributed by atoms with Gasteiger partial charge in [0.25, 0.3) is 0 Å². The highest BCUT2D eigenvalue weighted by atomic mass is 32.2. The Hall–Kier alpha value is -1.83. The van der Waals surface area contributed by atoms with Crippen LogP contribution < -0.4 is 4.31 Å². The average Bonchev–Trinajstić information content (AvgIpc) is 3.43. The molecular formula is C23H29NO4S2. The normalized spacial score (nSPS) is 16.1. The fraction of sp³-hybridized carbons (Fsp3) is 0.478. The molecule has 1 aromatic heterocycles. The molecule has 5 nitrogen and oxygen atoms in total. The van der Waals surface area contributed by atoms with Crippen LogP contribution in [0.1, 0.15) is 63.9 Å². The molecule has 1 aliphatic heterocycles. The number of ketones is 1. The summed E-state index contributed by atoms with van der Waals surface area (Å²) in [5, 5.41) is 0. The Morgan fingerprint density at radius 1 is 1.13 bits per heavy atom.